The molecule has 1 unspecified atom stereocenters. The van der Waals surface area contributed by atoms with E-state index < -0.39 is 0 Å². The van der Waals surface area contributed by atoms with Gasteiger partial charge >= 0.3 is 0 Å². The van der Waals surface area contributed by atoms with Gasteiger partial charge in [-0.25, -0.2) is 0 Å². The zero-order valence-corrected chi connectivity index (χ0v) is 7.55. The highest BCUT2D eigenvalue weighted by Crippen LogP contribution is 2.06. The van der Waals surface area contributed by atoms with E-state index in [2.05, 4.69) is 10.2 Å². The Labute approximate surface area is 73.1 Å². The summed E-state index contributed by atoms with van der Waals surface area (Å²) in [5.41, 5.74) is 5.40. The Morgan fingerprint density at radius 1 is 1.75 bits per heavy atom. The number of hydrogen-bond acceptors (Lipinski definition) is 3. The Morgan fingerprint density at radius 3 is 3.00 bits per heavy atom. The van der Waals surface area contributed by atoms with Crippen LogP contribution in [0.5, 0.6) is 0 Å². The van der Waals surface area contributed by atoms with Crippen LogP contribution in [0.2, 0.25) is 0 Å². The van der Waals surface area contributed by atoms with Gasteiger partial charge in [0.1, 0.15) is 0 Å². The van der Waals surface area contributed by atoms with E-state index in [4.69, 9.17) is 5.73 Å². The Hall–Kier alpha value is -0.610. The smallest absolute Gasteiger partial charge is 0.220 e. The Balaban J connectivity index is 2.18. The first-order valence-electron chi connectivity index (χ1n) is 4.40. The van der Waals surface area contributed by atoms with E-state index in [1.54, 1.807) is 0 Å². The molecule has 1 heterocycles. The molecule has 0 aliphatic carbocycles. The van der Waals surface area contributed by atoms with Crippen molar-refractivity contribution in [3.8, 4) is 0 Å². The number of carbonyl (C=O) groups excluding carboxylic acids is 1. The van der Waals surface area contributed by atoms with E-state index in [0.29, 0.717) is 19.0 Å². The van der Waals surface area contributed by atoms with Gasteiger partial charge in [0.15, 0.2) is 0 Å². The lowest BCUT2D eigenvalue weighted by atomic mass is 10.2. The summed E-state index contributed by atoms with van der Waals surface area (Å²) in [5, 5.41) is 2.92. The van der Waals surface area contributed by atoms with Crippen molar-refractivity contribution < 1.29 is 4.79 Å². The van der Waals surface area contributed by atoms with Crippen molar-refractivity contribution in [3.63, 3.8) is 0 Å². The van der Waals surface area contributed by atoms with E-state index in [0.717, 1.165) is 19.5 Å². The molecule has 0 saturated carbocycles. The van der Waals surface area contributed by atoms with Crippen LogP contribution in [0.3, 0.4) is 0 Å². The fourth-order valence-electron chi connectivity index (χ4n) is 1.50. The number of nitrogens with one attached hydrogen (secondary N) is 1. The van der Waals surface area contributed by atoms with Gasteiger partial charge in [-0.15, -0.1) is 0 Å². The molecule has 12 heavy (non-hydrogen) atoms. The summed E-state index contributed by atoms with van der Waals surface area (Å²) in [6.07, 6.45) is 1.65. The molecular weight excluding hydrogens is 154 g/mol. The maximum Gasteiger partial charge on any atom is 0.220 e. The molecule has 1 rings (SSSR count). The lowest BCUT2D eigenvalue weighted by Gasteiger charge is -2.19. The minimum absolute atomic E-state index is 0.182. The van der Waals surface area contributed by atoms with Crippen LogP contribution in [-0.2, 0) is 4.79 Å². The monoisotopic (exact) mass is 171 g/mol. The number of likely N-dealkylation sites (N-methyl/N-ethyl adjacent to an activating group) is 1. The first-order chi connectivity index (χ1) is 5.72. The molecule has 0 aromatic carbocycles. The molecule has 0 aromatic rings. The third kappa shape index (κ3) is 2.79. The third-order valence-electron chi connectivity index (χ3n) is 2.13. The van der Waals surface area contributed by atoms with Crippen LogP contribution in [0.4, 0.5) is 0 Å². The second kappa shape index (κ2) is 4.42. The standard InChI is InChI=1S/C8H17N3O/c1-11(5-4-9)6-7-2-3-8(12)10-7/h7H,2-6,9H2,1H3,(H,10,12). The normalized spacial score (nSPS) is 23.2. The van der Waals surface area contributed by atoms with Gasteiger partial charge in [-0.2, -0.15) is 0 Å². The van der Waals surface area contributed by atoms with Gasteiger partial charge in [-0.1, -0.05) is 0 Å². The summed E-state index contributed by atoms with van der Waals surface area (Å²) >= 11 is 0. The van der Waals surface area contributed by atoms with Gasteiger partial charge < -0.3 is 16.0 Å². The summed E-state index contributed by atoms with van der Waals surface area (Å²) in [4.78, 5) is 13.0. The van der Waals surface area contributed by atoms with Gasteiger partial charge in [0.25, 0.3) is 0 Å². The largest absolute Gasteiger partial charge is 0.352 e. The van der Waals surface area contributed by atoms with Crippen molar-refractivity contribution in [1.82, 2.24) is 10.2 Å². The molecule has 1 saturated heterocycles. The van der Waals surface area contributed by atoms with Crippen LogP contribution in [-0.4, -0.2) is 43.5 Å². The fourth-order valence-corrected chi connectivity index (χ4v) is 1.50. The van der Waals surface area contributed by atoms with Gasteiger partial charge in [0.2, 0.25) is 5.91 Å². The van der Waals surface area contributed by atoms with E-state index in [1.165, 1.54) is 0 Å². The van der Waals surface area contributed by atoms with Crippen molar-refractivity contribution in [2.75, 3.05) is 26.7 Å². The van der Waals surface area contributed by atoms with Gasteiger partial charge in [-0.05, 0) is 13.5 Å². The molecule has 0 aromatic heterocycles. The first-order valence-corrected chi connectivity index (χ1v) is 4.40. The summed E-state index contributed by atoms with van der Waals surface area (Å²) in [6.45, 7) is 2.49. The molecule has 70 valence electrons. The summed E-state index contributed by atoms with van der Waals surface area (Å²) in [6, 6.07) is 0.342. The van der Waals surface area contributed by atoms with Crippen LogP contribution in [0.1, 0.15) is 12.8 Å². The molecular formula is C8H17N3O. The van der Waals surface area contributed by atoms with Crippen LogP contribution >= 0.6 is 0 Å². The van der Waals surface area contributed by atoms with E-state index in [1.807, 2.05) is 7.05 Å². The molecule has 1 amide bonds. The Kier molecular flexibility index (Phi) is 3.49. The quantitative estimate of drug-likeness (QED) is 0.579. The highest BCUT2D eigenvalue weighted by molar-refractivity contribution is 5.78. The average Bonchev–Trinajstić information content (AvgIpc) is 2.36. The van der Waals surface area contributed by atoms with Crippen molar-refractivity contribution in [2.45, 2.75) is 18.9 Å². The highest BCUT2D eigenvalue weighted by Gasteiger charge is 2.21. The third-order valence-corrected chi connectivity index (χ3v) is 2.13. The van der Waals surface area contributed by atoms with Crippen molar-refractivity contribution >= 4 is 5.91 Å². The van der Waals surface area contributed by atoms with E-state index in [-0.39, 0.29) is 5.91 Å². The molecule has 0 spiro atoms. The van der Waals surface area contributed by atoms with Crippen LogP contribution in [0, 0.1) is 0 Å². The Morgan fingerprint density at radius 2 is 2.50 bits per heavy atom. The van der Waals surface area contributed by atoms with E-state index >= 15 is 0 Å². The zero-order valence-electron chi connectivity index (χ0n) is 7.55. The molecule has 3 N–H and O–H groups in total. The first kappa shape index (κ1) is 9.48. The average molecular weight is 171 g/mol. The summed E-state index contributed by atoms with van der Waals surface area (Å²) < 4.78 is 0. The molecule has 0 radical (unpaired) electrons. The second-order valence-corrected chi connectivity index (χ2v) is 3.35. The van der Waals surface area contributed by atoms with E-state index in [9.17, 15) is 4.79 Å². The van der Waals surface area contributed by atoms with Gasteiger partial charge in [-0.3, -0.25) is 4.79 Å². The predicted molar refractivity (Wildman–Crippen MR) is 47.7 cm³/mol. The highest BCUT2D eigenvalue weighted by atomic mass is 16.1. The number of nitrogens with zero attached hydrogens (tertiary/aromatic N) is 1. The zero-order chi connectivity index (χ0) is 8.97. The molecule has 1 atom stereocenters. The summed E-state index contributed by atoms with van der Waals surface area (Å²) in [5.74, 6) is 0.182. The number of rotatable bonds is 4. The maximum absolute atomic E-state index is 10.8. The second-order valence-electron chi connectivity index (χ2n) is 3.35. The van der Waals surface area contributed by atoms with Gasteiger partial charge in [0, 0.05) is 32.1 Å². The minimum Gasteiger partial charge on any atom is -0.352 e. The number of carbonyl (C=O) groups is 1. The number of hydrogen-bond donors (Lipinski definition) is 2. The fraction of sp³-hybridized carbons (Fsp3) is 0.875. The maximum atomic E-state index is 10.8. The Bertz CT molecular complexity index is 160. The molecule has 1 fully saturated rings. The van der Waals surface area contributed by atoms with Crippen LogP contribution in [0.15, 0.2) is 0 Å². The van der Waals surface area contributed by atoms with Crippen LogP contribution < -0.4 is 11.1 Å². The molecule has 1 aliphatic rings. The molecule has 4 heteroatoms. The van der Waals surface area contributed by atoms with Crippen molar-refractivity contribution in [1.29, 1.82) is 0 Å². The topological polar surface area (TPSA) is 58.4 Å². The van der Waals surface area contributed by atoms with Gasteiger partial charge in [0.05, 0.1) is 0 Å². The number of amides is 1. The lowest BCUT2D eigenvalue weighted by molar-refractivity contribution is -0.119. The molecule has 0 bridgehead atoms. The SMILES string of the molecule is CN(CCN)CC1CCC(=O)N1. The molecule has 4 nitrogen and oxygen atoms in total. The molecule has 1 aliphatic heterocycles. The summed E-state index contributed by atoms with van der Waals surface area (Å²) in [7, 11) is 2.03. The predicted octanol–water partition coefficient (Wildman–Crippen LogP) is -0.844. The lowest BCUT2D eigenvalue weighted by Crippen LogP contribution is -2.38. The minimum atomic E-state index is 0.182. The number of nitrogens with two attached hydrogens (primary N) is 1. The van der Waals surface area contributed by atoms with Crippen molar-refractivity contribution in [2.24, 2.45) is 5.73 Å². The van der Waals surface area contributed by atoms with Crippen molar-refractivity contribution in [3.05, 3.63) is 0 Å². The van der Waals surface area contributed by atoms with Crippen LogP contribution in [0.25, 0.3) is 0 Å².